The molecular weight excluding hydrogens is 396 g/mol. The summed E-state index contributed by atoms with van der Waals surface area (Å²) < 4.78 is 5.38. The van der Waals surface area contributed by atoms with Crippen LogP contribution in [0, 0.1) is 17.0 Å². The highest BCUT2D eigenvalue weighted by Crippen LogP contribution is 2.24. The molecule has 8 heteroatoms. The zero-order valence-corrected chi connectivity index (χ0v) is 16.8. The Hall–Kier alpha value is -3.19. The predicted octanol–water partition coefficient (Wildman–Crippen LogP) is 4.52. The van der Waals surface area contributed by atoms with E-state index in [2.05, 4.69) is 15.9 Å². The lowest BCUT2D eigenvalue weighted by molar-refractivity contribution is -0.763. The number of ether oxygens (including phenoxy) is 1. The van der Waals surface area contributed by atoms with E-state index < -0.39 is 11.0 Å². The van der Waals surface area contributed by atoms with Crippen molar-refractivity contribution in [2.45, 2.75) is 33.0 Å². The van der Waals surface area contributed by atoms with Gasteiger partial charge in [0.1, 0.15) is 13.2 Å². The van der Waals surface area contributed by atoms with Crippen LogP contribution in [-0.4, -0.2) is 16.0 Å². The standard InChI is InChI=1S/C21H20N2O5.ClH/c1-14-6-7-18-11-16(8-9-17(18)10-14)15(2)21(24)27-12-19-4-3-5-20(22-19)13-28-23(25)26;/h3-11,15H,12-13H2,1-2H3;1H/t15-;/m0./s1. The molecular formula is C21H21ClN2O5. The zero-order valence-electron chi connectivity index (χ0n) is 16.0. The lowest BCUT2D eigenvalue weighted by Gasteiger charge is -2.13. The average Bonchev–Trinajstić information content (AvgIpc) is 2.69. The summed E-state index contributed by atoms with van der Waals surface area (Å²) in [6.45, 7) is 3.58. The smallest absolute Gasteiger partial charge is 0.313 e. The van der Waals surface area contributed by atoms with Crippen LogP contribution in [0.1, 0.15) is 35.4 Å². The second-order valence-electron chi connectivity index (χ2n) is 6.56. The van der Waals surface area contributed by atoms with E-state index in [-0.39, 0.29) is 31.6 Å². The number of carbonyl (C=O) groups is 1. The molecule has 2 aromatic carbocycles. The zero-order chi connectivity index (χ0) is 20.1. The highest BCUT2D eigenvalue weighted by Gasteiger charge is 2.17. The van der Waals surface area contributed by atoms with Crippen molar-refractivity contribution in [2.75, 3.05) is 0 Å². The SMILES string of the molecule is Cc1ccc2cc([C@H](C)C(=O)OCc3cccc(CO[N+](=O)[O-])n3)ccc2c1.Cl. The first-order valence-electron chi connectivity index (χ1n) is 8.81. The van der Waals surface area contributed by atoms with Crippen molar-refractivity contribution in [1.29, 1.82) is 0 Å². The van der Waals surface area contributed by atoms with Crippen molar-refractivity contribution in [3.05, 3.63) is 87.2 Å². The summed E-state index contributed by atoms with van der Waals surface area (Å²) in [5.41, 5.74) is 2.95. The van der Waals surface area contributed by atoms with Crippen LogP contribution < -0.4 is 0 Å². The number of halogens is 1. The number of aromatic nitrogens is 1. The normalized spacial score (nSPS) is 11.4. The molecule has 0 N–H and O–H groups in total. The van der Waals surface area contributed by atoms with Gasteiger partial charge in [0.2, 0.25) is 0 Å². The Balaban J connectivity index is 0.00000300. The van der Waals surface area contributed by atoms with Crippen LogP contribution in [0.5, 0.6) is 0 Å². The topological polar surface area (TPSA) is 91.6 Å². The van der Waals surface area contributed by atoms with Gasteiger partial charge < -0.3 is 9.57 Å². The lowest BCUT2D eigenvalue weighted by Crippen LogP contribution is -2.14. The van der Waals surface area contributed by atoms with Crippen LogP contribution in [0.15, 0.2) is 54.6 Å². The maximum Gasteiger partial charge on any atom is 0.313 e. The number of aryl methyl sites for hydroxylation is 1. The molecule has 1 heterocycles. The molecule has 0 saturated carbocycles. The summed E-state index contributed by atoms with van der Waals surface area (Å²) in [5, 5.41) is 11.6. The third-order valence-corrected chi connectivity index (χ3v) is 4.42. The van der Waals surface area contributed by atoms with Crippen LogP contribution in [0.25, 0.3) is 10.8 Å². The third-order valence-electron chi connectivity index (χ3n) is 4.42. The van der Waals surface area contributed by atoms with Crippen LogP contribution in [0.2, 0.25) is 0 Å². The van der Waals surface area contributed by atoms with Gasteiger partial charge in [0.25, 0.3) is 5.09 Å². The molecule has 0 aliphatic carbocycles. The molecule has 0 unspecified atom stereocenters. The molecule has 0 fully saturated rings. The first-order valence-corrected chi connectivity index (χ1v) is 8.81. The van der Waals surface area contributed by atoms with Crippen molar-refractivity contribution in [3.63, 3.8) is 0 Å². The number of benzene rings is 2. The minimum atomic E-state index is -0.874. The Kier molecular flexibility index (Phi) is 7.50. The summed E-state index contributed by atoms with van der Waals surface area (Å²) in [7, 11) is 0. The molecule has 1 aromatic heterocycles. The van der Waals surface area contributed by atoms with Gasteiger partial charge in [-0.2, -0.15) is 0 Å². The van der Waals surface area contributed by atoms with Crippen molar-refractivity contribution < 1.29 is 19.5 Å². The monoisotopic (exact) mass is 416 g/mol. The average molecular weight is 417 g/mol. The van der Waals surface area contributed by atoms with E-state index in [1.165, 1.54) is 5.56 Å². The van der Waals surface area contributed by atoms with E-state index in [1.807, 2.05) is 37.3 Å². The molecule has 0 amide bonds. The Morgan fingerprint density at radius 1 is 1.07 bits per heavy atom. The number of nitrogens with zero attached hydrogens (tertiary/aromatic N) is 2. The quantitative estimate of drug-likeness (QED) is 0.319. The minimum Gasteiger partial charge on any atom is -0.459 e. The largest absolute Gasteiger partial charge is 0.459 e. The van der Waals surface area contributed by atoms with Gasteiger partial charge in [0.05, 0.1) is 17.3 Å². The number of hydrogen-bond acceptors (Lipinski definition) is 6. The molecule has 152 valence electrons. The number of carbonyl (C=O) groups excluding carboxylic acids is 1. The molecule has 1 atom stereocenters. The van der Waals surface area contributed by atoms with E-state index in [4.69, 9.17) is 4.74 Å². The Bertz CT molecular complexity index is 1020. The maximum absolute atomic E-state index is 12.4. The van der Waals surface area contributed by atoms with Gasteiger partial charge in [-0.05, 0) is 42.3 Å². The van der Waals surface area contributed by atoms with E-state index in [1.54, 1.807) is 25.1 Å². The highest BCUT2D eigenvalue weighted by atomic mass is 35.5. The summed E-state index contributed by atoms with van der Waals surface area (Å²) in [4.78, 5) is 31.2. The first-order chi connectivity index (χ1) is 13.4. The van der Waals surface area contributed by atoms with Crippen molar-refractivity contribution >= 4 is 29.1 Å². The predicted molar refractivity (Wildman–Crippen MR) is 110 cm³/mol. The summed E-state index contributed by atoms with van der Waals surface area (Å²) in [5.74, 6) is -0.785. The van der Waals surface area contributed by atoms with Crippen molar-refractivity contribution in [1.82, 2.24) is 4.98 Å². The molecule has 3 rings (SSSR count). The van der Waals surface area contributed by atoms with E-state index in [0.29, 0.717) is 11.4 Å². The second-order valence-corrected chi connectivity index (χ2v) is 6.56. The van der Waals surface area contributed by atoms with Crippen LogP contribution in [-0.2, 0) is 27.6 Å². The van der Waals surface area contributed by atoms with Gasteiger partial charge in [0, 0.05) is 0 Å². The van der Waals surface area contributed by atoms with Gasteiger partial charge in [0.15, 0.2) is 0 Å². The highest BCUT2D eigenvalue weighted by molar-refractivity contribution is 5.86. The molecule has 0 aliphatic rings. The molecule has 29 heavy (non-hydrogen) atoms. The van der Waals surface area contributed by atoms with Gasteiger partial charge in [-0.15, -0.1) is 22.5 Å². The second kappa shape index (κ2) is 9.84. The van der Waals surface area contributed by atoms with Gasteiger partial charge in [-0.3, -0.25) is 9.78 Å². The first kappa shape index (κ1) is 22.1. The van der Waals surface area contributed by atoms with Gasteiger partial charge >= 0.3 is 5.97 Å². The number of esters is 1. The van der Waals surface area contributed by atoms with Gasteiger partial charge in [-0.25, -0.2) is 0 Å². The number of fused-ring (bicyclic) bond motifs is 1. The third kappa shape index (κ3) is 5.89. The van der Waals surface area contributed by atoms with Crippen molar-refractivity contribution in [3.8, 4) is 0 Å². The summed E-state index contributed by atoms with van der Waals surface area (Å²) in [6, 6.07) is 17.1. The fourth-order valence-electron chi connectivity index (χ4n) is 2.87. The van der Waals surface area contributed by atoms with Crippen LogP contribution >= 0.6 is 12.4 Å². The van der Waals surface area contributed by atoms with Crippen molar-refractivity contribution in [2.24, 2.45) is 0 Å². The van der Waals surface area contributed by atoms with Gasteiger partial charge in [-0.1, -0.05) is 48.0 Å². The molecule has 0 spiro atoms. The number of rotatable bonds is 7. The number of pyridine rings is 1. The molecule has 0 aliphatic heterocycles. The van der Waals surface area contributed by atoms with E-state index >= 15 is 0 Å². The van der Waals surface area contributed by atoms with Crippen LogP contribution in [0.3, 0.4) is 0 Å². The van der Waals surface area contributed by atoms with E-state index in [0.717, 1.165) is 16.3 Å². The Morgan fingerprint density at radius 2 is 1.72 bits per heavy atom. The fraction of sp³-hybridized carbons (Fsp3) is 0.238. The lowest BCUT2D eigenvalue weighted by atomic mass is 9.97. The number of hydrogen-bond donors (Lipinski definition) is 0. The Morgan fingerprint density at radius 3 is 2.45 bits per heavy atom. The molecule has 7 nitrogen and oxygen atoms in total. The van der Waals surface area contributed by atoms with Crippen LogP contribution in [0.4, 0.5) is 0 Å². The summed E-state index contributed by atoms with van der Waals surface area (Å²) in [6.07, 6.45) is 0. The molecule has 0 radical (unpaired) electrons. The summed E-state index contributed by atoms with van der Waals surface area (Å²) >= 11 is 0. The van der Waals surface area contributed by atoms with E-state index in [9.17, 15) is 14.9 Å². The maximum atomic E-state index is 12.4. The minimum absolute atomic E-state index is 0. The molecule has 3 aromatic rings. The fourth-order valence-corrected chi connectivity index (χ4v) is 2.87. The molecule has 0 bridgehead atoms. The molecule has 0 saturated heterocycles. The Labute approximate surface area is 174 Å².